The summed E-state index contributed by atoms with van der Waals surface area (Å²) in [6.07, 6.45) is 7.48. The van der Waals surface area contributed by atoms with Crippen molar-refractivity contribution in [3.05, 3.63) is 34.3 Å². The van der Waals surface area contributed by atoms with Gasteiger partial charge in [0.25, 0.3) is 0 Å². The van der Waals surface area contributed by atoms with E-state index >= 15 is 0 Å². The predicted octanol–water partition coefficient (Wildman–Crippen LogP) is 4.06. The average molecular weight is 279 g/mol. The van der Waals surface area contributed by atoms with E-state index in [2.05, 4.69) is 45.6 Å². The highest BCUT2D eigenvalue weighted by atomic mass is 79.9. The van der Waals surface area contributed by atoms with Gasteiger partial charge in [-0.25, -0.2) is 4.98 Å². The molecule has 3 heteroatoms. The second-order valence-corrected chi connectivity index (χ2v) is 5.46. The molecule has 0 radical (unpaired) electrons. The van der Waals surface area contributed by atoms with Crippen molar-refractivity contribution in [1.29, 1.82) is 0 Å². The topological polar surface area (TPSA) is 17.3 Å². The van der Waals surface area contributed by atoms with Gasteiger partial charge in [-0.3, -0.25) is 0 Å². The lowest BCUT2D eigenvalue weighted by atomic mass is 10.1. The molecule has 0 saturated heterocycles. The monoisotopic (exact) mass is 278 g/mol. The Bertz CT molecular complexity index is 524. The molecule has 0 aromatic carbocycles. The summed E-state index contributed by atoms with van der Waals surface area (Å²) < 4.78 is 3.24. The first-order chi connectivity index (χ1) is 7.75. The van der Waals surface area contributed by atoms with Crippen LogP contribution in [0.15, 0.2) is 22.9 Å². The minimum absolute atomic E-state index is 0.653. The number of imidazole rings is 1. The molecular formula is C13H15BrN2. The highest BCUT2D eigenvalue weighted by Gasteiger charge is 2.22. The van der Waals surface area contributed by atoms with Crippen molar-refractivity contribution in [2.24, 2.45) is 0 Å². The Morgan fingerprint density at radius 1 is 1.31 bits per heavy atom. The maximum Gasteiger partial charge on any atom is 0.132 e. The third-order valence-electron chi connectivity index (χ3n) is 3.49. The zero-order valence-electron chi connectivity index (χ0n) is 9.41. The first kappa shape index (κ1) is 10.3. The van der Waals surface area contributed by atoms with Crippen LogP contribution in [-0.4, -0.2) is 9.38 Å². The van der Waals surface area contributed by atoms with E-state index in [-0.39, 0.29) is 0 Å². The maximum atomic E-state index is 4.69. The summed E-state index contributed by atoms with van der Waals surface area (Å²) in [7, 11) is 0. The summed E-state index contributed by atoms with van der Waals surface area (Å²) in [6, 6.07) is 4.28. The smallest absolute Gasteiger partial charge is 0.132 e. The van der Waals surface area contributed by atoms with Gasteiger partial charge < -0.3 is 4.40 Å². The van der Waals surface area contributed by atoms with Gasteiger partial charge in [0.15, 0.2) is 0 Å². The fraction of sp³-hybridized carbons (Fsp3) is 0.462. The second-order valence-electron chi connectivity index (χ2n) is 4.70. The highest BCUT2D eigenvalue weighted by molar-refractivity contribution is 9.10. The van der Waals surface area contributed by atoms with Crippen LogP contribution >= 0.6 is 15.9 Å². The number of pyridine rings is 1. The molecule has 2 aromatic heterocycles. The number of aromatic nitrogens is 2. The van der Waals surface area contributed by atoms with Crippen LogP contribution in [0, 0.1) is 6.92 Å². The van der Waals surface area contributed by atoms with Crippen molar-refractivity contribution in [1.82, 2.24) is 9.38 Å². The Morgan fingerprint density at radius 3 is 2.81 bits per heavy atom. The molecule has 2 aromatic rings. The fourth-order valence-corrected chi connectivity index (χ4v) is 3.15. The molecule has 1 fully saturated rings. The van der Waals surface area contributed by atoms with Crippen molar-refractivity contribution in [2.45, 2.75) is 38.5 Å². The SMILES string of the molecule is Cc1ccc2c(Br)nc(C3CCCC3)n2c1. The Hall–Kier alpha value is -0.830. The fourth-order valence-electron chi connectivity index (χ4n) is 2.65. The summed E-state index contributed by atoms with van der Waals surface area (Å²) in [5.41, 5.74) is 2.48. The Kier molecular flexibility index (Phi) is 2.51. The molecule has 2 nitrogen and oxygen atoms in total. The quantitative estimate of drug-likeness (QED) is 0.769. The third-order valence-corrected chi connectivity index (χ3v) is 4.07. The molecule has 0 aliphatic heterocycles. The van der Waals surface area contributed by atoms with Crippen LogP contribution in [0.25, 0.3) is 5.52 Å². The molecule has 1 aliphatic rings. The van der Waals surface area contributed by atoms with Crippen LogP contribution in [0.3, 0.4) is 0 Å². The van der Waals surface area contributed by atoms with Crippen LogP contribution < -0.4 is 0 Å². The van der Waals surface area contributed by atoms with Gasteiger partial charge in [-0.05, 0) is 47.3 Å². The Morgan fingerprint density at radius 2 is 2.06 bits per heavy atom. The van der Waals surface area contributed by atoms with Crippen molar-refractivity contribution in [2.75, 3.05) is 0 Å². The molecule has 0 spiro atoms. The van der Waals surface area contributed by atoms with Crippen molar-refractivity contribution < 1.29 is 0 Å². The molecule has 0 amide bonds. The van der Waals surface area contributed by atoms with Crippen LogP contribution in [0.2, 0.25) is 0 Å². The highest BCUT2D eigenvalue weighted by Crippen LogP contribution is 2.35. The normalized spacial score (nSPS) is 17.4. The number of nitrogens with zero attached hydrogens (tertiary/aromatic N) is 2. The van der Waals surface area contributed by atoms with E-state index in [9.17, 15) is 0 Å². The summed E-state index contributed by atoms with van der Waals surface area (Å²) >= 11 is 3.56. The molecule has 1 saturated carbocycles. The minimum atomic E-state index is 0.653. The van der Waals surface area contributed by atoms with E-state index in [0.717, 1.165) is 4.60 Å². The first-order valence-corrected chi connectivity index (χ1v) is 6.69. The Labute approximate surface area is 104 Å². The standard InChI is InChI=1S/C13H15BrN2/c1-9-6-7-11-12(14)15-13(16(11)8-9)10-4-2-3-5-10/h6-8,10H,2-5H2,1H3. The van der Waals surface area contributed by atoms with E-state index in [4.69, 9.17) is 4.98 Å². The van der Waals surface area contributed by atoms with Crippen molar-refractivity contribution >= 4 is 21.4 Å². The van der Waals surface area contributed by atoms with Gasteiger partial charge in [-0.15, -0.1) is 0 Å². The van der Waals surface area contributed by atoms with E-state index in [0.29, 0.717) is 5.92 Å². The zero-order chi connectivity index (χ0) is 11.1. The van der Waals surface area contributed by atoms with Crippen LogP contribution in [0.5, 0.6) is 0 Å². The number of rotatable bonds is 1. The van der Waals surface area contributed by atoms with Gasteiger partial charge in [0, 0.05) is 12.1 Å². The van der Waals surface area contributed by atoms with E-state index in [1.54, 1.807) is 0 Å². The number of aryl methyl sites for hydroxylation is 1. The van der Waals surface area contributed by atoms with Crippen LogP contribution in [0.4, 0.5) is 0 Å². The third kappa shape index (κ3) is 1.58. The lowest BCUT2D eigenvalue weighted by Crippen LogP contribution is -2.00. The molecule has 3 rings (SSSR count). The van der Waals surface area contributed by atoms with Gasteiger partial charge in [-0.1, -0.05) is 18.9 Å². The van der Waals surface area contributed by atoms with Crippen LogP contribution in [-0.2, 0) is 0 Å². The van der Waals surface area contributed by atoms with Gasteiger partial charge in [-0.2, -0.15) is 0 Å². The van der Waals surface area contributed by atoms with Crippen molar-refractivity contribution in [3.63, 3.8) is 0 Å². The van der Waals surface area contributed by atoms with Gasteiger partial charge >= 0.3 is 0 Å². The predicted molar refractivity (Wildman–Crippen MR) is 68.8 cm³/mol. The lowest BCUT2D eigenvalue weighted by molar-refractivity contribution is 0.664. The molecule has 1 aliphatic carbocycles. The van der Waals surface area contributed by atoms with Gasteiger partial charge in [0.05, 0.1) is 5.52 Å². The summed E-state index contributed by atoms with van der Waals surface area (Å²) in [5.74, 6) is 1.89. The maximum absolute atomic E-state index is 4.69. The zero-order valence-corrected chi connectivity index (χ0v) is 11.0. The number of hydrogen-bond acceptors (Lipinski definition) is 1. The molecule has 84 valence electrons. The van der Waals surface area contributed by atoms with E-state index < -0.39 is 0 Å². The molecule has 0 N–H and O–H groups in total. The molecule has 16 heavy (non-hydrogen) atoms. The number of fused-ring (bicyclic) bond motifs is 1. The largest absolute Gasteiger partial charge is 0.302 e. The van der Waals surface area contributed by atoms with E-state index in [1.807, 2.05) is 0 Å². The van der Waals surface area contributed by atoms with Crippen LogP contribution in [0.1, 0.15) is 43.0 Å². The van der Waals surface area contributed by atoms with Gasteiger partial charge in [0.2, 0.25) is 0 Å². The van der Waals surface area contributed by atoms with E-state index in [1.165, 1.54) is 42.6 Å². The molecule has 0 unspecified atom stereocenters. The summed E-state index contributed by atoms with van der Waals surface area (Å²) in [4.78, 5) is 4.69. The molecule has 0 bridgehead atoms. The van der Waals surface area contributed by atoms with Gasteiger partial charge in [0.1, 0.15) is 10.4 Å². The number of hydrogen-bond donors (Lipinski definition) is 0. The lowest BCUT2D eigenvalue weighted by Gasteiger charge is -2.08. The Balaban J connectivity index is 2.19. The first-order valence-electron chi connectivity index (χ1n) is 5.90. The summed E-state index contributed by atoms with van der Waals surface area (Å²) in [5, 5.41) is 0. The minimum Gasteiger partial charge on any atom is -0.302 e. The molecular weight excluding hydrogens is 264 g/mol. The molecule has 0 atom stereocenters. The average Bonchev–Trinajstić information content (AvgIpc) is 2.86. The summed E-state index contributed by atoms with van der Waals surface area (Å²) in [6.45, 7) is 2.13. The number of halogens is 1. The van der Waals surface area contributed by atoms with Crippen molar-refractivity contribution in [3.8, 4) is 0 Å². The second kappa shape index (κ2) is 3.88. The molecule has 2 heterocycles.